The van der Waals surface area contributed by atoms with E-state index in [2.05, 4.69) is 5.32 Å². The molecule has 0 fully saturated rings. The second-order valence-electron chi connectivity index (χ2n) is 4.95. The number of nitrogens with zero attached hydrogens (tertiary/aromatic N) is 1. The lowest BCUT2D eigenvalue weighted by Crippen LogP contribution is -2.26. The van der Waals surface area contributed by atoms with E-state index in [0.29, 0.717) is 12.1 Å². The summed E-state index contributed by atoms with van der Waals surface area (Å²) < 4.78 is 0.745. The number of nitrogens with one attached hydrogen (secondary N) is 1. The Morgan fingerprint density at radius 2 is 2.10 bits per heavy atom. The molecule has 1 aromatic carbocycles. The number of halogens is 1. The normalized spacial score (nSPS) is 10.5. The summed E-state index contributed by atoms with van der Waals surface area (Å²) in [6, 6.07) is 9.71. The Hall–Kier alpha value is -1.52. The van der Waals surface area contributed by atoms with Crippen LogP contribution in [-0.2, 0) is 6.54 Å². The van der Waals surface area contributed by atoms with Gasteiger partial charge in [-0.3, -0.25) is 4.79 Å². The first kappa shape index (κ1) is 15.9. The van der Waals surface area contributed by atoms with Crippen LogP contribution in [0.15, 0.2) is 30.3 Å². The van der Waals surface area contributed by atoms with Crippen molar-refractivity contribution in [3.63, 3.8) is 0 Å². The molecule has 0 aliphatic heterocycles. The van der Waals surface area contributed by atoms with Crippen LogP contribution in [0.5, 0.6) is 0 Å². The number of carbonyl (C=O) groups excluding carboxylic acids is 1. The van der Waals surface area contributed by atoms with Gasteiger partial charge in [0.25, 0.3) is 5.91 Å². The number of thiophene rings is 1. The highest BCUT2D eigenvalue weighted by Crippen LogP contribution is 2.24. The monoisotopic (exact) mass is 322 g/mol. The summed E-state index contributed by atoms with van der Waals surface area (Å²) in [6.45, 7) is 5.36. The van der Waals surface area contributed by atoms with Crippen molar-refractivity contribution >= 4 is 34.5 Å². The van der Waals surface area contributed by atoms with Crippen molar-refractivity contribution in [3.8, 4) is 0 Å². The van der Waals surface area contributed by atoms with Gasteiger partial charge in [-0.05, 0) is 38.1 Å². The third-order valence-electron chi connectivity index (χ3n) is 3.14. The number of carbonyl (C=O) groups is 1. The van der Waals surface area contributed by atoms with Crippen LogP contribution in [0.4, 0.5) is 5.69 Å². The molecular formula is C16H19ClN2OS. The summed E-state index contributed by atoms with van der Waals surface area (Å²) >= 11 is 7.43. The van der Waals surface area contributed by atoms with Crippen LogP contribution in [0.1, 0.15) is 27.7 Å². The molecule has 0 radical (unpaired) electrons. The Labute approximate surface area is 134 Å². The maximum Gasteiger partial charge on any atom is 0.256 e. The first-order valence-electron chi connectivity index (χ1n) is 6.85. The van der Waals surface area contributed by atoms with E-state index in [0.717, 1.165) is 27.0 Å². The first-order chi connectivity index (χ1) is 10.0. The number of amides is 1. The third kappa shape index (κ3) is 3.99. The molecular weight excluding hydrogens is 304 g/mol. The van der Waals surface area contributed by atoms with Gasteiger partial charge >= 0.3 is 0 Å². The van der Waals surface area contributed by atoms with Gasteiger partial charge in [0.05, 0.1) is 16.4 Å². The molecule has 0 aliphatic carbocycles. The Bertz CT molecular complexity index is 639. The standard InChI is InChI=1S/C16H19ClN2OS/c1-4-18-14-7-5-11(2)9-13(14)16(20)19(3)10-12-6-8-15(17)21-12/h5-9,18H,4,10H2,1-3H3. The number of hydrogen-bond acceptors (Lipinski definition) is 3. The van der Waals surface area contributed by atoms with Crippen molar-refractivity contribution in [2.75, 3.05) is 18.9 Å². The zero-order valence-corrected chi connectivity index (χ0v) is 14.0. The summed E-state index contributed by atoms with van der Waals surface area (Å²) in [5.41, 5.74) is 2.67. The smallest absolute Gasteiger partial charge is 0.256 e. The molecule has 1 aromatic heterocycles. The minimum absolute atomic E-state index is 0.0131. The van der Waals surface area contributed by atoms with E-state index in [4.69, 9.17) is 11.6 Å². The van der Waals surface area contributed by atoms with Crippen LogP contribution in [0, 0.1) is 6.92 Å². The molecule has 1 N–H and O–H groups in total. The average molecular weight is 323 g/mol. The van der Waals surface area contributed by atoms with Crippen LogP contribution in [0.2, 0.25) is 4.34 Å². The number of aryl methyl sites for hydroxylation is 1. The van der Waals surface area contributed by atoms with Crippen molar-refractivity contribution in [2.24, 2.45) is 0 Å². The molecule has 5 heteroatoms. The van der Waals surface area contributed by atoms with E-state index >= 15 is 0 Å². The van der Waals surface area contributed by atoms with Crippen LogP contribution >= 0.6 is 22.9 Å². The predicted molar refractivity (Wildman–Crippen MR) is 90.5 cm³/mol. The molecule has 0 unspecified atom stereocenters. The molecule has 0 bridgehead atoms. The molecule has 0 aliphatic rings. The fourth-order valence-corrected chi connectivity index (χ4v) is 3.27. The maximum atomic E-state index is 12.7. The maximum absolute atomic E-state index is 12.7. The van der Waals surface area contributed by atoms with Crippen LogP contribution in [-0.4, -0.2) is 24.4 Å². The van der Waals surface area contributed by atoms with Crippen LogP contribution < -0.4 is 5.32 Å². The molecule has 0 saturated carbocycles. The Balaban J connectivity index is 2.20. The summed E-state index contributed by atoms with van der Waals surface area (Å²) in [7, 11) is 1.81. The number of anilines is 1. The van der Waals surface area contributed by atoms with Gasteiger partial charge in [-0.2, -0.15) is 0 Å². The molecule has 0 saturated heterocycles. The van der Waals surface area contributed by atoms with E-state index in [1.54, 1.807) is 4.90 Å². The van der Waals surface area contributed by atoms with Crippen LogP contribution in [0.25, 0.3) is 0 Å². The van der Waals surface area contributed by atoms with E-state index in [1.807, 2.05) is 51.2 Å². The molecule has 0 spiro atoms. The lowest BCUT2D eigenvalue weighted by atomic mass is 10.1. The third-order valence-corrected chi connectivity index (χ3v) is 4.36. The van der Waals surface area contributed by atoms with E-state index in [1.165, 1.54) is 11.3 Å². The zero-order chi connectivity index (χ0) is 15.4. The molecule has 112 valence electrons. The van der Waals surface area contributed by atoms with E-state index in [-0.39, 0.29) is 5.91 Å². The summed E-state index contributed by atoms with van der Waals surface area (Å²) in [5.74, 6) is 0.0131. The van der Waals surface area contributed by atoms with Gasteiger partial charge < -0.3 is 10.2 Å². The molecule has 2 aromatic rings. The van der Waals surface area contributed by atoms with Crippen molar-refractivity contribution in [2.45, 2.75) is 20.4 Å². The van der Waals surface area contributed by atoms with E-state index < -0.39 is 0 Å². The van der Waals surface area contributed by atoms with Crippen molar-refractivity contribution < 1.29 is 4.79 Å². The Morgan fingerprint density at radius 1 is 1.33 bits per heavy atom. The lowest BCUT2D eigenvalue weighted by molar-refractivity contribution is 0.0787. The van der Waals surface area contributed by atoms with Gasteiger partial charge in [0, 0.05) is 24.2 Å². The van der Waals surface area contributed by atoms with Crippen molar-refractivity contribution in [1.29, 1.82) is 0 Å². The Morgan fingerprint density at radius 3 is 2.71 bits per heavy atom. The largest absolute Gasteiger partial charge is 0.385 e. The molecule has 1 amide bonds. The van der Waals surface area contributed by atoms with Gasteiger partial charge in [0.2, 0.25) is 0 Å². The first-order valence-corrected chi connectivity index (χ1v) is 8.05. The second-order valence-corrected chi connectivity index (χ2v) is 6.75. The predicted octanol–water partition coefficient (Wildman–Crippen LogP) is 4.41. The fourth-order valence-electron chi connectivity index (χ4n) is 2.13. The molecule has 2 rings (SSSR count). The average Bonchev–Trinajstić information content (AvgIpc) is 2.85. The zero-order valence-electron chi connectivity index (χ0n) is 12.4. The number of rotatable bonds is 5. The summed E-state index contributed by atoms with van der Waals surface area (Å²) in [5, 5.41) is 3.24. The summed E-state index contributed by atoms with van der Waals surface area (Å²) in [4.78, 5) is 15.5. The molecule has 21 heavy (non-hydrogen) atoms. The van der Waals surface area contributed by atoms with Gasteiger partial charge in [-0.25, -0.2) is 0 Å². The van der Waals surface area contributed by atoms with Gasteiger partial charge in [-0.15, -0.1) is 11.3 Å². The SMILES string of the molecule is CCNc1ccc(C)cc1C(=O)N(C)Cc1ccc(Cl)s1. The van der Waals surface area contributed by atoms with E-state index in [9.17, 15) is 4.79 Å². The number of hydrogen-bond donors (Lipinski definition) is 1. The number of benzene rings is 1. The highest BCUT2D eigenvalue weighted by Gasteiger charge is 2.16. The lowest BCUT2D eigenvalue weighted by Gasteiger charge is -2.19. The molecule has 1 heterocycles. The van der Waals surface area contributed by atoms with Crippen molar-refractivity contribution in [3.05, 3.63) is 50.7 Å². The topological polar surface area (TPSA) is 32.3 Å². The highest BCUT2D eigenvalue weighted by molar-refractivity contribution is 7.16. The second kappa shape index (κ2) is 6.96. The summed E-state index contributed by atoms with van der Waals surface area (Å²) in [6.07, 6.45) is 0. The minimum atomic E-state index is 0.0131. The molecule has 0 atom stereocenters. The quantitative estimate of drug-likeness (QED) is 0.884. The Kier molecular flexibility index (Phi) is 5.26. The van der Waals surface area contributed by atoms with Gasteiger partial charge in [0.1, 0.15) is 0 Å². The van der Waals surface area contributed by atoms with Gasteiger partial charge in [0.15, 0.2) is 0 Å². The molecule has 3 nitrogen and oxygen atoms in total. The minimum Gasteiger partial charge on any atom is -0.385 e. The highest BCUT2D eigenvalue weighted by atomic mass is 35.5. The van der Waals surface area contributed by atoms with Crippen LogP contribution in [0.3, 0.4) is 0 Å². The van der Waals surface area contributed by atoms with Gasteiger partial charge in [-0.1, -0.05) is 23.2 Å². The fraction of sp³-hybridized carbons (Fsp3) is 0.312. The van der Waals surface area contributed by atoms with Crippen molar-refractivity contribution in [1.82, 2.24) is 4.90 Å².